The van der Waals surface area contributed by atoms with E-state index in [4.69, 9.17) is 0 Å². The van der Waals surface area contributed by atoms with Crippen molar-refractivity contribution < 1.29 is 17.6 Å². The van der Waals surface area contributed by atoms with Gasteiger partial charge in [0.2, 0.25) is 0 Å². The van der Waals surface area contributed by atoms with Crippen LogP contribution in [0.5, 0.6) is 0 Å². The molecule has 1 N–H and O–H groups in total. The van der Waals surface area contributed by atoms with Gasteiger partial charge in [-0.1, -0.05) is 12.1 Å². The molecule has 0 spiro atoms. The second-order valence-electron chi connectivity index (χ2n) is 5.51. The topological polar surface area (TPSA) is 42.2 Å². The van der Waals surface area contributed by atoms with Gasteiger partial charge in [0.15, 0.2) is 11.5 Å². The molecule has 9 heteroatoms. The number of nitrogens with one attached hydrogen (secondary N) is 1. The number of alkyl halides is 3. The molecule has 0 aliphatic rings. The van der Waals surface area contributed by atoms with E-state index in [0.717, 1.165) is 0 Å². The molecular weight excluding hydrogens is 404 g/mol. The van der Waals surface area contributed by atoms with E-state index in [9.17, 15) is 17.6 Å². The predicted molar refractivity (Wildman–Crippen MR) is 90.0 cm³/mol. The normalized spacial score (nSPS) is 11.9. The first-order valence-electron chi connectivity index (χ1n) is 7.35. The Kier molecular flexibility index (Phi) is 4.68. The lowest BCUT2D eigenvalue weighted by atomic mass is 10.1. The molecule has 0 atom stereocenters. The Hall–Kier alpha value is -2.16. The van der Waals surface area contributed by atoms with Gasteiger partial charge in [0, 0.05) is 18.3 Å². The van der Waals surface area contributed by atoms with Gasteiger partial charge in [0.25, 0.3) is 0 Å². The minimum absolute atomic E-state index is 0.220. The molecule has 0 unspecified atom stereocenters. The summed E-state index contributed by atoms with van der Waals surface area (Å²) in [6.07, 6.45) is -2.08. The van der Waals surface area contributed by atoms with Crippen molar-refractivity contribution in [1.82, 2.24) is 14.4 Å². The van der Waals surface area contributed by atoms with Gasteiger partial charge < -0.3 is 5.32 Å². The molecule has 1 aromatic carbocycles. The number of hydrogen-bond acceptors (Lipinski definition) is 3. The highest BCUT2D eigenvalue weighted by Gasteiger charge is 2.26. The Balaban J connectivity index is 1.99. The molecule has 0 radical (unpaired) electrons. The molecule has 4 nitrogen and oxygen atoms in total. The monoisotopic (exact) mass is 416 g/mol. The molecule has 3 aromatic rings. The van der Waals surface area contributed by atoms with E-state index in [0.29, 0.717) is 27.1 Å². The van der Waals surface area contributed by atoms with Gasteiger partial charge in [-0.25, -0.2) is 14.4 Å². The van der Waals surface area contributed by atoms with E-state index >= 15 is 0 Å². The Morgan fingerprint density at radius 1 is 1.28 bits per heavy atom. The average molecular weight is 417 g/mol. The second-order valence-corrected chi connectivity index (χ2v) is 6.32. The number of nitrogens with zero attached hydrogens (tertiary/aromatic N) is 3. The zero-order chi connectivity index (χ0) is 18.2. The van der Waals surface area contributed by atoms with Crippen LogP contribution in [0.4, 0.5) is 23.4 Å². The zero-order valence-corrected chi connectivity index (χ0v) is 14.6. The van der Waals surface area contributed by atoms with Crippen LogP contribution in [0.3, 0.4) is 0 Å². The first-order valence-corrected chi connectivity index (χ1v) is 8.14. The average Bonchev–Trinajstić information content (AvgIpc) is 2.92. The molecule has 0 fully saturated rings. The number of rotatable bonds is 4. The fourth-order valence-electron chi connectivity index (χ4n) is 2.37. The summed E-state index contributed by atoms with van der Waals surface area (Å²) < 4.78 is 52.9. The largest absolute Gasteiger partial charge is 0.390 e. The summed E-state index contributed by atoms with van der Waals surface area (Å²) in [6.45, 7) is 1.35. The Morgan fingerprint density at radius 2 is 2.04 bits per heavy atom. The SMILES string of the molecule is Cc1ccc(-c2cnc3c(NCCC(F)(F)F)nc(Br)cn23)cc1F. The Morgan fingerprint density at radius 3 is 2.72 bits per heavy atom. The van der Waals surface area contributed by atoms with E-state index in [2.05, 4.69) is 31.2 Å². The third kappa shape index (κ3) is 3.92. The summed E-state index contributed by atoms with van der Waals surface area (Å²) in [4.78, 5) is 8.36. The van der Waals surface area contributed by atoms with Crippen molar-refractivity contribution in [2.45, 2.75) is 19.5 Å². The van der Waals surface area contributed by atoms with Crippen LogP contribution in [0.15, 0.2) is 35.2 Å². The van der Waals surface area contributed by atoms with Crippen LogP contribution < -0.4 is 5.32 Å². The smallest absolute Gasteiger partial charge is 0.367 e. The van der Waals surface area contributed by atoms with Crippen molar-refractivity contribution >= 4 is 27.4 Å². The molecule has 0 bridgehead atoms. The van der Waals surface area contributed by atoms with Gasteiger partial charge in [0.1, 0.15) is 10.4 Å². The summed E-state index contributed by atoms with van der Waals surface area (Å²) >= 11 is 3.24. The quantitative estimate of drug-likeness (QED) is 0.610. The summed E-state index contributed by atoms with van der Waals surface area (Å²) in [5.74, 6) is -0.124. The third-order valence-corrected chi connectivity index (χ3v) is 4.01. The number of hydrogen-bond donors (Lipinski definition) is 1. The Labute approximate surface area is 149 Å². The van der Waals surface area contributed by atoms with E-state index in [-0.39, 0.29) is 18.2 Å². The highest BCUT2D eigenvalue weighted by atomic mass is 79.9. The van der Waals surface area contributed by atoms with Crippen molar-refractivity contribution in [2.24, 2.45) is 0 Å². The lowest BCUT2D eigenvalue weighted by Crippen LogP contribution is -2.15. The molecule has 2 aromatic heterocycles. The summed E-state index contributed by atoms with van der Waals surface area (Å²) in [5.41, 5.74) is 2.10. The van der Waals surface area contributed by atoms with Crippen LogP contribution in [-0.4, -0.2) is 27.1 Å². The van der Waals surface area contributed by atoms with Gasteiger partial charge in [-0.05, 0) is 34.5 Å². The number of anilines is 1. The molecule has 0 amide bonds. The van der Waals surface area contributed by atoms with E-state index in [1.807, 2.05) is 0 Å². The number of aryl methyl sites for hydroxylation is 1. The van der Waals surface area contributed by atoms with Crippen molar-refractivity contribution in [3.05, 3.63) is 46.6 Å². The van der Waals surface area contributed by atoms with Gasteiger partial charge in [0.05, 0.1) is 18.3 Å². The van der Waals surface area contributed by atoms with Crippen LogP contribution in [0.2, 0.25) is 0 Å². The van der Waals surface area contributed by atoms with Crippen molar-refractivity contribution in [3.63, 3.8) is 0 Å². The number of imidazole rings is 1. The lowest BCUT2D eigenvalue weighted by Gasteiger charge is -2.10. The first-order chi connectivity index (χ1) is 11.7. The molecule has 2 heterocycles. The van der Waals surface area contributed by atoms with Gasteiger partial charge in [-0.15, -0.1) is 0 Å². The third-order valence-electron chi connectivity index (χ3n) is 3.63. The molecule has 0 aliphatic carbocycles. The molecule has 0 aliphatic heterocycles. The van der Waals surface area contributed by atoms with Crippen molar-refractivity contribution in [2.75, 3.05) is 11.9 Å². The van der Waals surface area contributed by atoms with Gasteiger partial charge >= 0.3 is 6.18 Å². The van der Waals surface area contributed by atoms with Crippen LogP contribution in [-0.2, 0) is 0 Å². The Bertz CT molecular complexity index is 920. The molecule has 132 valence electrons. The van der Waals surface area contributed by atoms with Gasteiger partial charge in [-0.2, -0.15) is 13.2 Å². The van der Waals surface area contributed by atoms with Crippen LogP contribution in [0.1, 0.15) is 12.0 Å². The first kappa shape index (κ1) is 17.7. The molecule has 3 rings (SSSR count). The van der Waals surface area contributed by atoms with Crippen LogP contribution >= 0.6 is 15.9 Å². The molecule has 0 saturated heterocycles. The number of aromatic nitrogens is 3. The van der Waals surface area contributed by atoms with Crippen LogP contribution in [0, 0.1) is 12.7 Å². The lowest BCUT2D eigenvalue weighted by molar-refractivity contribution is -0.131. The number of halogens is 5. The maximum Gasteiger partial charge on any atom is 0.390 e. The molecule has 0 saturated carbocycles. The highest BCUT2D eigenvalue weighted by molar-refractivity contribution is 9.10. The maximum atomic E-state index is 13.8. The fraction of sp³-hybridized carbons (Fsp3) is 0.250. The van der Waals surface area contributed by atoms with E-state index < -0.39 is 12.6 Å². The summed E-state index contributed by atoms with van der Waals surface area (Å²) in [5, 5.41) is 2.65. The molecular formula is C16H13BrF4N4. The highest BCUT2D eigenvalue weighted by Crippen LogP contribution is 2.27. The second kappa shape index (κ2) is 6.62. The summed E-state index contributed by atoms with van der Waals surface area (Å²) in [7, 11) is 0. The molecule has 25 heavy (non-hydrogen) atoms. The summed E-state index contributed by atoms with van der Waals surface area (Å²) in [6, 6.07) is 4.81. The van der Waals surface area contributed by atoms with E-state index in [1.54, 1.807) is 29.7 Å². The number of fused-ring (bicyclic) bond motifs is 1. The number of benzene rings is 1. The maximum absolute atomic E-state index is 13.8. The van der Waals surface area contributed by atoms with Gasteiger partial charge in [-0.3, -0.25) is 4.40 Å². The minimum atomic E-state index is -4.25. The predicted octanol–water partition coefficient (Wildman–Crippen LogP) is 4.97. The fourth-order valence-corrected chi connectivity index (χ4v) is 2.75. The van der Waals surface area contributed by atoms with Crippen molar-refractivity contribution in [1.29, 1.82) is 0 Å². The standard InChI is InChI=1S/C16H13BrF4N4/c1-9-2-3-10(6-11(9)18)12-7-23-15-14(22-5-4-16(19,20)21)24-13(17)8-25(12)15/h2-3,6-8H,4-5H2,1H3,(H,22,24). The van der Waals surface area contributed by atoms with E-state index in [1.165, 1.54) is 12.3 Å². The van der Waals surface area contributed by atoms with Crippen LogP contribution in [0.25, 0.3) is 16.9 Å². The minimum Gasteiger partial charge on any atom is -0.367 e. The van der Waals surface area contributed by atoms with Crippen molar-refractivity contribution in [3.8, 4) is 11.3 Å². The zero-order valence-electron chi connectivity index (χ0n) is 13.0.